The summed E-state index contributed by atoms with van der Waals surface area (Å²) in [6, 6.07) is 0. The molecule has 0 aliphatic heterocycles. The Kier molecular flexibility index (Phi) is 50.3. The van der Waals surface area contributed by atoms with E-state index in [0.717, 1.165) is 83.5 Å². The van der Waals surface area contributed by atoms with E-state index >= 15 is 0 Å². The van der Waals surface area contributed by atoms with Crippen LogP contribution in [0, 0.1) is 0 Å². The number of esters is 3. The minimum absolute atomic E-state index is 0.0761. The van der Waals surface area contributed by atoms with Gasteiger partial charge in [-0.25, -0.2) is 0 Å². The third kappa shape index (κ3) is 50.5. The predicted molar refractivity (Wildman–Crippen MR) is 270 cm³/mol. The summed E-state index contributed by atoms with van der Waals surface area (Å²) in [7, 11) is 0. The Labute approximate surface area is 391 Å². The van der Waals surface area contributed by atoms with Gasteiger partial charge in [-0.3, -0.25) is 14.4 Å². The van der Waals surface area contributed by atoms with Crippen molar-refractivity contribution >= 4 is 17.9 Å². The van der Waals surface area contributed by atoms with Gasteiger partial charge in [-0.1, -0.05) is 237 Å². The SMILES string of the molecule is CCCC/C=C\C/C=C\CCCCCCCC(=O)OC(COC(=O)CCCCCCCCC/C=C\CCCCCCCCC)COC(=O)CCCCCCCCCCCCCCC. The van der Waals surface area contributed by atoms with Crippen LogP contribution in [0.5, 0.6) is 0 Å². The van der Waals surface area contributed by atoms with Crippen molar-refractivity contribution in [2.24, 2.45) is 0 Å². The van der Waals surface area contributed by atoms with Gasteiger partial charge in [0.2, 0.25) is 0 Å². The average molecular weight is 885 g/mol. The van der Waals surface area contributed by atoms with E-state index < -0.39 is 6.10 Å². The molecule has 0 fully saturated rings. The molecule has 0 rings (SSSR count). The monoisotopic (exact) mass is 885 g/mol. The summed E-state index contributed by atoms with van der Waals surface area (Å²) in [5.74, 6) is -0.882. The second-order valence-electron chi connectivity index (χ2n) is 18.5. The average Bonchev–Trinajstić information content (AvgIpc) is 3.28. The van der Waals surface area contributed by atoms with Crippen molar-refractivity contribution in [1.82, 2.24) is 0 Å². The van der Waals surface area contributed by atoms with Crippen LogP contribution in [-0.2, 0) is 28.6 Å². The van der Waals surface area contributed by atoms with Gasteiger partial charge in [0.25, 0.3) is 0 Å². The van der Waals surface area contributed by atoms with Gasteiger partial charge in [0.1, 0.15) is 13.2 Å². The normalized spacial score (nSPS) is 12.2. The van der Waals surface area contributed by atoms with Crippen LogP contribution < -0.4 is 0 Å². The first-order valence-corrected chi connectivity index (χ1v) is 27.5. The third-order valence-electron chi connectivity index (χ3n) is 12.1. The molecule has 0 aliphatic rings. The molecule has 0 aromatic heterocycles. The fourth-order valence-corrected chi connectivity index (χ4v) is 7.93. The second kappa shape index (κ2) is 52.3. The molecule has 0 saturated heterocycles. The maximum atomic E-state index is 12.8. The lowest BCUT2D eigenvalue weighted by Gasteiger charge is -2.18. The smallest absolute Gasteiger partial charge is 0.306 e. The maximum Gasteiger partial charge on any atom is 0.306 e. The minimum Gasteiger partial charge on any atom is -0.462 e. The summed E-state index contributed by atoms with van der Waals surface area (Å²) >= 11 is 0. The van der Waals surface area contributed by atoms with Crippen molar-refractivity contribution in [2.75, 3.05) is 13.2 Å². The van der Waals surface area contributed by atoms with Gasteiger partial charge in [-0.15, -0.1) is 0 Å². The number of allylic oxidation sites excluding steroid dienone is 6. The van der Waals surface area contributed by atoms with E-state index in [-0.39, 0.29) is 31.1 Å². The molecular weight excluding hydrogens is 781 g/mol. The second-order valence-corrected chi connectivity index (χ2v) is 18.5. The van der Waals surface area contributed by atoms with Crippen LogP contribution in [0.25, 0.3) is 0 Å². The van der Waals surface area contributed by atoms with E-state index in [0.29, 0.717) is 19.3 Å². The van der Waals surface area contributed by atoms with Gasteiger partial charge < -0.3 is 14.2 Å². The topological polar surface area (TPSA) is 78.9 Å². The first-order chi connectivity index (χ1) is 31.0. The van der Waals surface area contributed by atoms with Crippen LogP contribution in [0.2, 0.25) is 0 Å². The Morgan fingerprint density at radius 3 is 0.937 bits per heavy atom. The largest absolute Gasteiger partial charge is 0.462 e. The van der Waals surface area contributed by atoms with Crippen molar-refractivity contribution in [2.45, 2.75) is 297 Å². The van der Waals surface area contributed by atoms with Crippen LogP contribution in [0.15, 0.2) is 36.5 Å². The van der Waals surface area contributed by atoms with Gasteiger partial charge >= 0.3 is 17.9 Å². The molecule has 0 aromatic rings. The molecule has 0 amide bonds. The molecule has 0 bridgehead atoms. The minimum atomic E-state index is -0.777. The highest BCUT2D eigenvalue weighted by atomic mass is 16.6. The molecular formula is C57H104O6. The number of hydrogen-bond donors (Lipinski definition) is 0. The Balaban J connectivity index is 4.35. The summed E-state index contributed by atoms with van der Waals surface area (Å²) in [6.07, 6.45) is 61.2. The molecule has 0 spiro atoms. The molecule has 0 N–H and O–H groups in total. The highest BCUT2D eigenvalue weighted by molar-refractivity contribution is 5.71. The van der Waals surface area contributed by atoms with Gasteiger partial charge in [-0.2, -0.15) is 0 Å². The van der Waals surface area contributed by atoms with Crippen LogP contribution in [0.4, 0.5) is 0 Å². The molecule has 1 unspecified atom stereocenters. The molecule has 0 heterocycles. The molecule has 368 valence electrons. The fourth-order valence-electron chi connectivity index (χ4n) is 7.93. The zero-order valence-electron chi connectivity index (χ0n) is 42.1. The Bertz CT molecular complexity index is 1060. The lowest BCUT2D eigenvalue weighted by atomic mass is 10.0. The number of carbonyl (C=O) groups excluding carboxylic acids is 3. The van der Waals surface area contributed by atoms with E-state index in [1.807, 2.05) is 0 Å². The molecule has 0 radical (unpaired) electrons. The van der Waals surface area contributed by atoms with Crippen LogP contribution in [0.3, 0.4) is 0 Å². The number of hydrogen-bond acceptors (Lipinski definition) is 6. The first kappa shape index (κ1) is 60.6. The van der Waals surface area contributed by atoms with Crippen molar-refractivity contribution in [3.63, 3.8) is 0 Å². The molecule has 63 heavy (non-hydrogen) atoms. The van der Waals surface area contributed by atoms with Gasteiger partial charge in [0.15, 0.2) is 6.10 Å². The van der Waals surface area contributed by atoms with Crippen LogP contribution in [-0.4, -0.2) is 37.2 Å². The number of rotatable bonds is 50. The van der Waals surface area contributed by atoms with Crippen LogP contribution in [0.1, 0.15) is 290 Å². The molecule has 0 aliphatic carbocycles. The Hall–Kier alpha value is -2.37. The summed E-state index contributed by atoms with van der Waals surface area (Å²) < 4.78 is 16.8. The van der Waals surface area contributed by atoms with E-state index in [1.165, 1.54) is 167 Å². The highest BCUT2D eigenvalue weighted by Crippen LogP contribution is 2.16. The molecule has 6 heteroatoms. The Morgan fingerprint density at radius 1 is 0.317 bits per heavy atom. The van der Waals surface area contributed by atoms with E-state index in [9.17, 15) is 14.4 Å². The van der Waals surface area contributed by atoms with Gasteiger partial charge in [0.05, 0.1) is 0 Å². The Morgan fingerprint density at radius 2 is 0.587 bits per heavy atom. The standard InChI is InChI=1S/C57H104O6/c1-4-7-10-13-16-19-22-25-27-28-29-30-33-35-38-41-44-47-50-56(59)62-53-54(52-61-55(58)49-46-43-40-37-34-31-24-21-18-15-12-9-6-3)63-57(60)51-48-45-42-39-36-32-26-23-20-17-14-11-8-5-2/h14,17,23,26-28,54H,4-13,15-16,18-22,24-25,29-53H2,1-3H3/b17-14-,26-23-,28-27-. The highest BCUT2D eigenvalue weighted by Gasteiger charge is 2.19. The quantitative estimate of drug-likeness (QED) is 0.0262. The molecule has 0 saturated carbocycles. The van der Waals surface area contributed by atoms with Crippen molar-refractivity contribution < 1.29 is 28.6 Å². The van der Waals surface area contributed by atoms with Gasteiger partial charge in [-0.05, 0) is 70.6 Å². The molecule has 6 nitrogen and oxygen atoms in total. The van der Waals surface area contributed by atoms with Crippen LogP contribution >= 0.6 is 0 Å². The summed E-state index contributed by atoms with van der Waals surface area (Å²) in [6.45, 7) is 6.61. The zero-order chi connectivity index (χ0) is 45.8. The number of unbranched alkanes of at least 4 members (excludes halogenated alkanes) is 33. The zero-order valence-corrected chi connectivity index (χ0v) is 42.1. The van der Waals surface area contributed by atoms with Crippen molar-refractivity contribution in [1.29, 1.82) is 0 Å². The molecule has 1 atom stereocenters. The lowest BCUT2D eigenvalue weighted by Crippen LogP contribution is -2.30. The fraction of sp³-hybridized carbons (Fsp3) is 0.842. The summed E-state index contributed by atoms with van der Waals surface area (Å²) in [5.41, 5.74) is 0. The number of carbonyl (C=O) groups is 3. The van der Waals surface area contributed by atoms with E-state index in [4.69, 9.17) is 14.2 Å². The number of ether oxygens (including phenoxy) is 3. The summed E-state index contributed by atoms with van der Waals surface area (Å²) in [5, 5.41) is 0. The van der Waals surface area contributed by atoms with Crippen molar-refractivity contribution in [3.8, 4) is 0 Å². The molecule has 0 aromatic carbocycles. The summed E-state index contributed by atoms with van der Waals surface area (Å²) in [4.78, 5) is 38.0. The maximum absolute atomic E-state index is 12.8. The first-order valence-electron chi connectivity index (χ1n) is 27.5. The van der Waals surface area contributed by atoms with E-state index in [2.05, 4.69) is 57.2 Å². The van der Waals surface area contributed by atoms with Crippen molar-refractivity contribution in [3.05, 3.63) is 36.5 Å². The third-order valence-corrected chi connectivity index (χ3v) is 12.1. The van der Waals surface area contributed by atoms with E-state index in [1.54, 1.807) is 0 Å². The van der Waals surface area contributed by atoms with Gasteiger partial charge in [0, 0.05) is 19.3 Å². The predicted octanol–water partition coefficient (Wildman–Crippen LogP) is 18.1. The lowest BCUT2D eigenvalue weighted by molar-refractivity contribution is -0.167.